The van der Waals surface area contributed by atoms with Gasteiger partial charge in [-0.25, -0.2) is 4.98 Å². The minimum Gasteiger partial charge on any atom is -0.333 e. The minimum atomic E-state index is 0.193. The Labute approximate surface area is 125 Å². The summed E-state index contributed by atoms with van der Waals surface area (Å²) < 4.78 is 2.15. The van der Waals surface area contributed by atoms with E-state index in [9.17, 15) is 4.79 Å². The second-order valence-corrected chi connectivity index (χ2v) is 5.62. The molecule has 0 N–H and O–H groups in total. The third-order valence-electron chi connectivity index (χ3n) is 4.01. The molecule has 4 nitrogen and oxygen atoms in total. The van der Waals surface area contributed by atoms with E-state index in [0.29, 0.717) is 6.54 Å². The summed E-state index contributed by atoms with van der Waals surface area (Å²) in [5.41, 5.74) is 2.11. The van der Waals surface area contributed by atoms with Gasteiger partial charge in [-0.15, -0.1) is 0 Å². The number of fused-ring (bicyclic) bond motifs is 1. The van der Waals surface area contributed by atoms with Gasteiger partial charge in [0.15, 0.2) is 5.78 Å². The Kier molecular flexibility index (Phi) is 4.15. The van der Waals surface area contributed by atoms with Crippen LogP contribution in [0.4, 0.5) is 0 Å². The van der Waals surface area contributed by atoms with E-state index in [4.69, 9.17) is 0 Å². The number of benzene rings is 1. The smallest absolute Gasteiger partial charge is 0.176 e. The first kappa shape index (κ1) is 14.0. The van der Waals surface area contributed by atoms with Crippen molar-refractivity contribution in [3.8, 4) is 0 Å². The second kappa shape index (κ2) is 6.22. The van der Waals surface area contributed by atoms with Crippen LogP contribution in [0.15, 0.2) is 36.7 Å². The fraction of sp³-hybridized carbons (Fsp3) is 0.412. The molecule has 3 rings (SSSR count). The van der Waals surface area contributed by atoms with Crippen molar-refractivity contribution < 1.29 is 4.79 Å². The van der Waals surface area contributed by atoms with Crippen LogP contribution in [-0.4, -0.2) is 33.3 Å². The summed E-state index contributed by atoms with van der Waals surface area (Å²) in [6.45, 7) is 5.22. The average molecular weight is 283 g/mol. The van der Waals surface area contributed by atoms with Gasteiger partial charge in [0, 0.05) is 31.0 Å². The van der Waals surface area contributed by atoms with Crippen molar-refractivity contribution in [2.24, 2.45) is 0 Å². The molecule has 0 amide bonds. The number of carbonyl (C=O) groups excluding carboxylic acids is 1. The molecule has 2 heterocycles. The van der Waals surface area contributed by atoms with Crippen molar-refractivity contribution >= 4 is 5.78 Å². The monoisotopic (exact) mass is 283 g/mol. The Balaban J connectivity index is 1.61. The van der Waals surface area contributed by atoms with Crippen molar-refractivity contribution in [3.63, 3.8) is 0 Å². The van der Waals surface area contributed by atoms with Crippen molar-refractivity contribution in [3.05, 3.63) is 53.6 Å². The van der Waals surface area contributed by atoms with Crippen molar-refractivity contribution in [2.45, 2.75) is 32.9 Å². The van der Waals surface area contributed by atoms with E-state index in [0.717, 1.165) is 43.9 Å². The van der Waals surface area contributed by atoms with Crippen LogP contribution in [0.25, 0.3) is 0 Å². The summed E-state index contributed by atoms with van der Waals surface area (Å²) in [5, 5.41) is 0. The zero-order valence-corrected chi connectivity index (χ0v) is 12.5. The number of aromatic nitrogens is 2. The molecule has 0 aliphatic carbocycles. The van der Waals surface area contributed by atoms with E-state index in [1.807, 2.05) is 24.5 Å². The van der Waals surface area contributed by atoms with Gasteiger partial charge in [-0.3, -0.25) is 9.69 Å². The number of ketones is 1. The number of nitrogens with zero attached hydrogens (tertiary/aromatic N) is 3. The molecule has 0 fully saturated rings. The summed E-state index contributed by atoms with van der Waals surface area (Å²) in [5.74, 6) is 1.24. The summed E-state index contributed by atoms with van der Waals surface area (Å²) in [4.78, 5) is 18.9. The minimum absolute atomic E-state index is 0.193. The van der Waals surface area contributed by atoms with Crippen LogP contribution in [0.3, 0.4) is 0 Å². The number of aryl methyl sites for hydroxylation is 1. The van der Waals surface area contributed by atoms with Crippen LogP contribution in [0.2, 0.25) is 0 Å². The highest BCUT2D eigenvalue weighted by atomic mass is 16.1. The highest BCUT2D eigenvalue weighted by Gasteiger charge is 2.19. The zero-order chi connectivity index (χ0) is 14.7. The quantitative estimate of drug-likeness (QED) is 0.791. The van der Waals surface area contributed by atoms with Gasteiger partial charge in [-0.05, 0) is 12.0 Å². The molecule has 0 saturated carbocycles. The highest BCUT2D eigenvalue weighted by Crippen LogP contribution is 2.12. The standard InChI is InChI=1S/C17H21N3O/c1-2-3-14-4-6-15(7-5-14)16(21)12-19-10-11-20-9-8-18-17(20)13-19/h4-9H,2-3,10-13H2,1H3. The van der Waals surface area contributed by atoms with E-state index in [-0.39, 0.29) is 5.78 Å². The van der Waals surface area contributed by atoms with Gasteiger partial charge in [-0.1, -0.05) is 37.6 Å². The molecule has 0 bridgehead atoms. The van der Waals surface area contributed by atoms with Crippen molar-refractivity contribution in [2.75, 3.05) is 13.1 Å². The summed E-state index contributed by atoms with van der Waals surface area (Å²) in [6, 6.07) is 8.05. The van der Waals surface area contributed by atoms with Gasteiger partial charge in [0.2, 0.25) is 0 Å². The molecule has 0 atom stereocenters. The van der Waals surface area contributed by atoms with E-state index in [1.165, 1.54) is 5.56 Å². The Morgan fingerprint density at radius 2 is 2.05 bits per heavy atom. The zero-order valence-electron chi connectivity index (χ0n) is 12.5. The van der Waals surface area contributed by atoms with Crippen LogP contribution < -0.4 is 0 Å². The number of carbonyl (C=O) groups is 1. The van der Waals surface area contributed by atoms with Crippen molar-refractivity contribution in [1.82, 2.24) is 14.5 Å². The van der Waals surface area contributed by atoms with Crippen LogP contribution in [0.5, 0.6) is 0 Å². The Bertz CT molecular complexity index is 615. The average Bonchev–Trinajstić information content (AvgIpc) is 2.96. The largest absolute Gasteiger partial charge is 0.333 e. The lowest BCUT2D eigenvalue weighted by Gasteiger charge is -2.26. The molecule has 1 aromatic carbocycles. The van der Waals surface area contributed by atoms with Crippen LogP contribution in [0, 0.1) is 0 Å². The Morgan fingerprint density at radius 1 is 1.24 bits per heavy atom. The fourth-order valence-electron chi connectivity index (χ4n) is 2.80. The molecule has 2 aromatic rings. The van der Waals surface area contributed by atoms with Crippen LogP contribution in [0.1, 0.15) is 35.1 Å². The van der Waals surface area contributed by atoms with E-state index in [1.54, 1.807) is 0 Å². The number of rotatable bonds is 5. The predicted molar refractivity (Wildman–Crippen MR) is 82.3 cm³/mol. The second-order valence-electron chi connectivity index (χ2n) is 5.62. The number of hydrogen-bond acceptors (Lipinski definition) is 3. The Morgan fingerprint density at radius 3 is 2.81 bits per heavy atom. The van der Waals surface area contributed by atoms with Crippen LogP contribution in [-0.2, 0) is 19.5 Å². The highest BCUT2D eigenvalue weighted by molar-refractivity contribution is 5.97. The molecule has 4 heteroatoms. The lowest BCUT2D eigenvalue weighted by molar-refractivity contribution is 0.0908. The lowest BCUT2D eigenvalue weighted by Crippen LogP contribution is -2.37. The van der Waals surface area contributed by atoms with Gasteiger partial charge in [0.05, 0.1) is 13.1 Å². The maximum absolute atomic E-state index is 12.4. The summed E-state index contributed by atoms with van der Waals surface area (Å²) in [7, 11) is 0. The summed E-state index contributed by atoms with van der Waals surface area (Å²) in [6.07, 6.45) is 6.03. The first-order valence-corrected chi connectivity index (χ1v) is 7.61. The first-order chi connectivity index (χ1) is 10.3. The summed E-state index contributed by atoms with van der Waals surface area (Å²) >= 11 is 0. The third kappa shape index (κ3) is 3.22. The first-order valence-electron chi connectivity index (χ1n) is 7.61. The van der Waals surface area contributed by atoms with E-state index in [2.05, 4.69) is 33.5 Å². The molecular formula is C17H21N3O. The molecule has 1 aromatic heterocycles. The topological polar surface area (TPSA) is 38.1 Å². The van der Waals surface area contributed by atoms with E-state index >= 15 is 0 Å². The molecule has 0 radical (unpaired) electrons. The van der Waals surface area contributed by atoms with Gasteiger partial charge in [0.1, 0.15) is 5.82 Å². The van der Waals surface area contributed by atoms with Crippen LogP contribution >= 0.6 is 0 Å². The maximum Gasteiger partial charge on any atom is 0.176 e. The van der Waals surface area contributed by atoms with Crippen molar-refractivity contribution in [1.29, 1.82) is 0 Å². The maximum atomic E-state index is 12.4. The van der Waals surface area contributed by atoms with Gasteiger partial charge >= 0.3 is 0 Å². The SMILES string of the molecule is CCCc1ccc(C(=O)CN2CCn3ccnc3C2)cc1. The number of hydrogen-bond donors (Lipinski definition) is 0. The van der Waals surface area contributed by atoms with Gasteiger partial charge in [0.25, 0.3) is 0 Å². The molecule has 21 heavy (non-hydrogen) atoms. The predicted octanol–water partition coefficient (Wildman–Crippen LogP) is 2.53. The molecule has 1 aliphatic rings. The molecule has 0 unspecified atom stereocenters. The lowest BCUT2D eigenvalue weighted by atomic mass is 10.0. The fourth-order valence-corrected chi connectivity index (χ4v) is 2.80. The molecular weight excluding hydrogens is 262 g/mol. The molecule has 0 saturated heterocycles. The van der Waals surface area contributed by atoms with E-state index < -0.39 is 0 Å². The molecule has 0 spiro atoms. The Hall–Kier alpha value is -1.94. The normalized spacial score (nSPS) is 14.9. The molecule has 110 valence electrons. The third-order valence-corrected chi connectivity index (χ3v) is 4.01. The van der Waals surface area contributed by atoms with Gasteiger partial charge < -0.3 is 4.57 Å². The molecule has 1 aliphatic heterocycles. The van der Waals surface area contributed by atoms with Gasteiger partial charge in [-0.2, -0.15) is 0 Å². The number of imidazole rings is 1. The number of Topliss-reactive ketones (excluding diaryl/α,β-unsaturated/α-hetero) is 1.